The summed E-state index contributed by atoms with van der Waals surface area (Å²) in [6.07, 6.45) is 0. The maximum absolute atomic E-state index is 12.2. The summed E-state index contributed by atoms with van der Waals surface area (Å²) in [6, 6.07) is 12.5. The Balaban J connectivity index is 2.11. The number of anilines is 1. The SMILES string of the molecule is Cc1ccc(C(=O)Nc2ccc(C(=O)N(C)C)cc2)cc1C. The molecular weight excluding hydrogens is 276 g/mol. The van der Waals surface area contributed by atoms with Gasteiger partial charge < -0.3 is 10.2 Å². The Hall–Kier alpha value is -2.62. The predicted molar refractivity (Wildman–Crippen MR) is 88.3 cm³/mol. The van der Waals surface area contributed by atoms with Gasteiger partial charge in [-0.3, -0.25) is 9.59 Å². The van der Waals surface area contributed by atoms with E-state index in [1.165, 1.54) is 4.90 Å². The molecule has 0 aromatic heterocycles. The van der Waals surface area contributed by atoms with E-state index >= 15 is 0 Å². The number of benzene rings is 2. The molecule has 0 aliphatic heterocycles. The monoisotopic (exact) mass is 296 g/mol. The van der Waals surface area contributed by atoms with Crippen LogP contribution in [0.5, 0.6) is 0 Å². The molecular formula is C18H20N2O2. The molecule has 0 radical (unpaired) electrons. The van der Waals surface area contributed by atoms with E-state index in [4.69, 9.17) is 0 Å². The molecule has 0 aliphatic carbocycles. The van der Waals surface area contributed by atoms with E-state index < -0.39 is 0 Å². The van der Waals surface area contributed by atoms with Gasteiger partial charge in [0, 0.05) is 30.9 Å². The summed E-state index contributed by atoms with van der Waals surface area (Å²) < 4.78 is 0. The summed E-state index contributed by atoms with van der Waals surface area (Å²) in [7, 11) is 3.41. The number of carbonyl (C=O) groups excluding carboxylic acids is 2. The van der Waals surface area contributed by atoms with E-state index in [1.54, 1.807) is 38.4 Å². The van der Waals surface area contributed by atoms with E-state index in [9.17, 15) is 9.59 Å². The number of aryl methyl sites for hydroxylation is 2. The number of rotatable bonds is 3. The van der Waals surface area contributed by atoms with Crippen LogP contribution in [0.4, 0.5) is 5.69 Å². The van der Waals surface area contributed by atoms with Gasteiger partial charge in [0.2, 0.25) is 0 Å². The van der Waals surface area contributed by atoms with Crippen molar-refractivity contribution in [2.24, 2.45) is 0 Å². The number of hydrogen-bond donors (Lipinski definition) is 1. The molecule has 2 rings (SSSR count). The van der Waals surface area contributed by atoms with Crippen molar-refractivity contribution in [1.29, 1.82) is 0 Å². The summed E-state index contributed by atoms with van der Waals surface area (Å²) >= 11 is 0. The first-order valence-electron chi connectivity index (χ1n) is 7.09. The van der Waals surface area contributed by atoms with Crippen LogP contribution in [0.25, 0.3) is 0 Å². The standard InChI is InChI=1S/C18H20N2O2/c1-12-5-6-15(11-13(12)2)17(21)19-16-9-7-14(8-10-16)18(22)20(3)4/h5-11H,1-4H3,(H,19,21). The second kappa shape index (κ2) is 6.43. The highest BCUT2D eigenvalue weighted by Gasteiger charge is 2.10. The highest BCUT2D eigenvalue weighted by molar-refractivity contribution is 6.04. The maximum atomic E-state index is 12.2. The lowest BCUT2D eigenvalue weighted by atomic mass is 10.1. The maximum Gasteiger partial charge on any atom is 0.255 e. The van der Waals surface area contributed by atoms with Crippen LogP contribution >= 0.6 is 0 Å². The molecule has 0 saturated heterocycles. The fraction of sp³-hybridized carbons (Fsp3) is 0.222. The van der Waals surface area contributed by atoms with Gasteiger partial charge in [0.05, 0.1) is 0 Å². The summed E-state index contributed by atoms with van der Waals surface area (Å²) in [5.41, 5.74) is 4.12. The topological polar surface area (TPSA) is 49.4 Å². The second-order valence-corrected chi connectivity index (χ2v) is 5.53. The molecule has 4 nitrogen and oxygen atoms in total. The second-order valence-electron chi connectivity index (χ2n) is 5.53. The molecule has 114 valence electrons. The third-order valence-electron chi connectivity index (χ3n) is 3.56. The zero-order valence-electron chi connectivity index (χ0n) is 13.3. The van der Waals surface area contributed by atoms with E-state index in [0.29, 0.717) is 16.8 Å². The van der Waals surface area contributed by atoms with Crippen molar-refractivity contribution in [3.63, 3.8) is 0 Å². The van der Waals surface area contributed by atoms with Crippen molar-refractivity contribution in [1.82, 2.24) is 4.90 Å². The van der Waals surface area contributed by atoms with Crippen LogP contribution in [0, 0.1) is 13.8 Å². The van der Waals surface area contributed by atoms with E-state index in [-0.39, 0.29) is 11.8 Å². The van der Waals surface area contributed by atoms with Gasteiger partial charge in [-0.2, -0.15) is 0 Å². The van der Waals surface area contributed by atoms with E-state index in [0.717, 1.165) is 11.1 Å². The number of nitrogens with zero attached hydrogens (tertiary/aromatic N) is 1. The Morgan fingerprint density at radius 3 is 2.00 bits per heavy atom. The van der Waals surface area contributed by atoms with E-state index in [1.807, 2.05) is 32.0 Å². The molecule has 22 heavy (non-hydrogen) atoms. The zero-order chi connectivity index (χ0) is 16.3. The van der Waals surface area contributed by atoms with Gasteiger partial charge >= 0.3 is 0 Å². The molecule has 0 unspecified atom stereocenters. The lowest BCUT2D eigenvalue weighted by Gasteiger charge is -2.11. The van der Waals surface area contributed by atoms with Crippen molar-refractivity contribution in [3.8, 4) is 0 Å². The molecule has 2 aromatic rings. The highest BCUT2D eigenvalue weighted by atomic mass is 16.2. The normalized spacial score (nSPS) is 10.2. The molecule has 1 N–H and O–H groups in total. The van der Waals surface area contributed by atoms with Crippen LogP contribution in [0.1, 0.15) is 31.8 Å². The third-order valence-corrected chi connectivity index (χ3v) is 3.56. The quantitative estimate of drug-likeness (QED) is 0.945. The van der Waals surface area contributed by atoms with Crippen molar-refractivity contribution in [2.45, 2.75) is 13.8 Å². The Kier molecular flexibility index (Phi) is 4.61. The molecule has 0 atom stereocenters. The number of nitrogens with one attached hydrogen (secondary N) is 1. The Morgan fingerprint density at radius 2 is 1.45 bits per heavy atom. The third kappa shape index (κ3) is 3.52. The minimum atomic E-state index is -0.158. The Bertz CT molecular complexity index is 704. The fourth-order valence-electron chi connectivity index (χ4n) is 2.04. The van der Waals surface area contributed by atoms with Crippen LogP contribution in [0.2, 0.25) is 0 Å². The largest absolute Gasteiger partial charge is 0.345 e. The number of carbonyl (C=O) groups is 2. The van der Waals surface area contributed by atoms with Gasteiger partial charge in [0.1, 0.15) is 0 Å². The fourth-order valence-corrected chi connectivity index (χ4v) is 2.04. The van der Waals surface area contributed by atoms with Crippen molar-refractivity contribution < 1.29 is 9.59 Å². The summed E-state index contributed by atoms with van der Waals surface area (Å²) in [6.45, 7) is 3.99. The first-order valence-corrected chi connectivity index (χ1v) is 7.09. The number of amides is 2. The molecule has 0 spiro atoms. The molecule has 0 aliphatic rings. The van der Waals surface area contributed by atoms with Crippen LogP contribution in [-0.2, 0) is 0 Å². The van der Waals surface area contributed by atoms with Crippen LogP contribution in [-0.4, -0.2) is 30.8 Å². The van der Waals surface area contributed by atoms with Crippen molar-refractivity contribution in [3.05, 3.63) is 64.7 Å². The summed E-state index contributed by atoms with van der Waals surface area (Å²) in [5, 5.41) is 2.84. The van der Waals surface area contributed by atoms with E-state index in [2.05, 4.69) is 5.32 Å². The van der Waals surface area contributed by atoms with Gasteiger partial charge in [0.15, 0.2) is 0 Å². The van der Waals surface area contributed by atoms with Gasteiger partial charge in [0.25, 0.3) is 11.8 Å². The van der Waals surface area contributed by atoms with Crippen LogP contribution < -0.4 is 5.32 Å². The molecule has 0 bridgehead atoms. The molecule has 2 aromatic carbocycles. The average molecular weight is 296 g/mol. The molecule has 4 heteroatoms. The molecule has 0 saturated carbocycles. The van der Waals surface area contributed by atoms with Gasteiger partial charge in [-0.1, -0.05) is 6.07 Å². The Morgan fingerprint density at radius 1 is 0.864 bits per heavy atom. The first-order chi connectivity index (χ1) is 10.4. The van der Waals surface area contributed by atoms with Gasteiger partial charge in [-0.25, -0.2) is 0 Å². The Labute approximate surface area is 130 Å². The first kappa shape index (κ1) is 15.8. The lowest BCUT2D eigenvalue weighted by Crippen LogP contribution is -2.21. The van der Waals surface area contributed by atoms with Crippen LogP contribution in [0.15, 0.2) is 42.5 Å². The zero-order valence-corrected chi connectivity index (χ0v) is 13.3. The van der Waals surface area contributed by atoms with Crippen molar-refractivity contribution >= 4 is 17.5 Å². The van der Waals surface area contributed by atoms with Gasteiger partial charge in [-0.15, -0.1) is 0 Å². The highest BCUT2D eigenvalue weighted by Crippen LogP contribution is 2.14. The molecule has 0 fully saturated rings. The average Bonchev–Trinajstić information content (AvgIpc) is 2.50. The predicted octanol–water partition coefficient (Wildman–Crippen LogP) is 3.26. The van der Waals surface area contributed by atoms with Crippen LogP contribution in [0.3, 0.4) is 0 Å². The minimum absolute atomic E-state index is 0.0629. The minimum Gasteiger partial charge on any atom is -0.345 e. The smallest absolute Gasteiger partial charge is 0.255 e. The molecule has 0 heterocycles. The lowest BCUT2D eigenvalue weighted by molar-refractivity contribution is 0.0827. The van der Waals surface area contributed by atoms with Gasteiger partial charge in [-0.05, 0) is 61.4 Å². The summed E-state index contributed by atoms with van der Waals surface area (Å²) in [5.74, 6) is -0.221. The molecule has 2 amide bonds. The summed E-state index contributed by atoms with van der Waals surface area (Å²) in [4.78, 5) is 25.5. The van der Waals surface area contributed by atoms with Crippen molar-refractivity contribution in [2.75, 3.05) is 19.4 Å². The number of hydrogen-bond acceptors (Lipinski definition) is 2.